The third kappa shape index (κ3) is 11.2. The Labute approximate surface area is 414 Å². The van der Waals surface area contributed by atoms with Crippen LogP contribution in [0.2, 0.25) is 0 Å². The number of ether oxygens (including phenoxy) is 4. The van der Waals surface area contributed by atoms with Gasteiger partial charge < -0.3 is 60.9 Å². The predicted octanol–water partition coefficient (Wildman–Crippen LogP) is 7.76. The highest BCUT2D eigenvalue weighted by molar-refractivity contribution is 6.04. The summed E-state index contributed by atoms with van der Waals surface area (Å²) in [5.74, 6) is 1.42. The van der Waals surface area contributed by atoms with Crippen molar-refractivity contribution in [1.82, 2.24) is 10.3 Å². The van der Waals surface area contributed by atoms with Gasteiger partial charge >= 0.3 is 0 Å². The van der Waals surface area contributed by atoms with E-state index in [1.54, 1.807) is 30.3 Å². The zero-order valence-electron chi connectivity index (χ0n) is 40.4. The fourth-order valence-corrected chi connectivity index (χ4v) is 9.94. The number of aliphatic imine (C=N–C) groups is 1. The number of aromatic amines is 1. The molecule has 14 heteroatoms. The maximum absolute atomic E-state index is 14.7. The third-order valence-electron chi connectivity index (χ3n) is 13.6. The summed E-state index contributed by atoms with van der Waals surface area (Å²) in [6, 6.07) is 33.5. The molecule has 10 rings (SSSR count). The van der Waals surface area contributed by atoms with Crippen molar-refractivity contribution >= 4 is 29.3 Å². The van der Waals surface area contributed by atoms with Gasteiger partial charge in [-0.3, -0.25) is 4.79 Å². The molecule has 0 amide bonds. The number of aliphatic hydroxyl groups excluding tert-OH is 2. The van der Waals surface area contributed by atoms with Crippen LogP contribution in [0.3, 0.4) is 0 Å². The number of carbonyl (C=O) groups is 1. The van der Waals surface area contributed by atoms with Gasteiger partial charge in [-0.2, -0.15) is 0 Å². The molecular weight excluding hydrogens is 897 g/mol. The number of aryl methyl sites for hydroxylation is 2. The highest BCUT2D eigenvalue weighted by atomic mass is 16.5. The van der Waals surface area contributed by atoms with Crippen LogP contribution in [0.15, 0.2) is 114 Å². The van der Waals surface area contributed by atoms with E-state index in [0.29, 0.717) is 47.6 Å². The van der Waals surface area contributed by atoms with E-state index in [2.05, 4.69) is 63.5 Å². The van der Waals surface area contributed by atoms with Crippen LogP contribution < -0.4 is 40.6 Å². The second-order valence-electron chi connectivity index (χ2n) is 18.6. The lowest BCUT2D eigenvalue weighted by atomic mass is 9.90. The number of carbonyl (C=O) groups excluding carboxylic acids is 1. The number of phenols is 1. The van der Waals surface area contributed by atoms with Gasteiger partial charge in [0.2, 0.25) is 5.75 Å². The first-order valence-electron chi connectivity index (χ1n) is 24.6. The molecule has 6 aromatic rings. The monoisotopic (exact) mass is 960 g/mol. The number of hydrogen-bond acceptors (Lipinski definition) is 11. The van der Waals surface area contributed by atoms with Crippen LogP contribution in [0.25, 0.3) is 17.2 Å². The Morgan fingerprint density at radius 3 is 2.55 bits per heavy atom. The van der Waals surface area contributed by atoms with E-state index in [1.807, 2.05) is 48.5 Å². The minimum Gasteiger partial charge on any atom is -0.508 e. The van der Waals surface area contributed by atoms with Crippen LogP contribution in [0, 0.1) is 5.92 Å². The molecule has 1 aromatic heterocycles. The van der Waals surface area contributed by atoms with Gasteiger partial charge in [-0.15, -0.1) is 0 Å². The number of nitrogens with two attached hydrogens (primary N) is 2. The molecule has 370 valence electrons. The number of rotatable bonds is 11. The predicted molar refractivity (Wildman–Crippen MR) is 277 cm³/mol. The Morgan fingerprint density at radius 1 is 0.944 bits per heavy atom. The molecule has 4 atom stereocenters. The van der Waals surface area contributed by atoms with Crippen molar-refractivity contribution in [3.8, 4) is 39.9 Å². The molecule has 4 bridgehead atoms. The number of methoxy groups -OCH3 is 1. The Morgan fingerprint density at radius 2 is 1.77 bits per heavy atom. The van der Waals surface area contributed by atoms with Crippen molar-refractivity contribution in [3.05, 3.63) is 154 Å². The number of phenolic OH excluding ortho intramolecular Hbond substituents is 1. The highest BCUT2D eigenvalue weighted by Gasteiger charge is 2.38. The average Bonchev–Trinajstić information content (AvgIpc) is 3.82. The third-order valence-corrected chi connectivity index (χ3v) is 13.6. The molecule has 0 spiro atoms. The second kappa shape index (κ2) is 22.2. The molecule has 9 N–H and O–H groups in total. The van der Waals surface area contributed by atoms with Gasteiger partial charge in [-0.1, -0.05) is 97.9 Å². The minimum absolute atomic E-state index is 0.00237. The van der Waals surface area contributed by atoms with Crippen LogP contribution in [0.1, 0.15) is 75.3 Å². The summed E-state index contributed by atoms with van der Waals surface area (Å²) in [6.45, 7) is 4.43. The number of fused-ring (bicyclic) bond motifs is 7. The summed E-state index contributed by atoms with van der Waals surface area (Å²) in [7, 11) is 1.51. The van der Waals surface area contributed by atoms with Crippen molar-refractivity contribution < 1.29 is 39.1 Å². The lowest BCUT2D eigenvalue weighted by Gasteiger charge is -2.38. The number of aromatic hydroxyl groups is 1. The fraction of sp³-hybridized carbons (Fsp3) is 0.333. The van der Waals surface area contributed by atoms with E-state index in [4.69, 9.17) is 30.4 Å². The molecule has 1 fully saturated rings. The van der Waals surface area contributed by atoms with Gasteiger partial charge in [0.25, 0.3) is 0 Å². The zero-order valence-corrected chi connectivity index (χ0v) is 40.4. The molecular formula is C57H64N6O8. The first-order valence-corrected chi connectivity index (χ1v) is 24.6. The first-order chi connectivity index (χ1) is 34.6. The molecule has 1 saturated heterocycles. The summed E-state index contributed by atoms with van der Waals surface area (Å²) in [5.41, 5.74) is 21.5. The number of guanidine groups is 1. The fourth-order valence-electron chi connectivity index (χ4n) is 9.94. The molecule has 1 unspecified atom stereocenters. The summed E-state index contributed by atoms with van der Waals surface area (Å²) in [5, 5.41) is 35.9. The standard InChI is InChI=1S/C57H64N6O8/c1-3-42-30-47-40-11-7-10-36(26-40)14-21-46-52-51(49(67)31-50(71-52)39-16-19-44(65)20-17-39)54(69-25-22-45(66)18-13-35-8-5-4-6-9-35)55(68-2)53(46)70-34-38(33-64)27-41-15-12-37(29-48(41)62-57(58)59)28-43-32-60-23-24-63(43)56(47)61-42/h4-13,15-20,26,29-30,38,43,45,50,60-61,64-66H,3,14,21-25,27-28,31-34H2,1-2H3,(H4,58,59,62)/b18-13+/t38-,43-,45-,50?/m0/s1. The second-order valence-corrected chi connectivity index (χ2v) is 18.6. The number of Topliss-reactive ketones (excluding diaryl/α,β-unsaturated/α-hetero) is 1. The number of nitrogens with one attached hydrogen (secondary N) is 2. The van der Waals surface area contributed by atoms with Crippen molar-refractivity contribution in [2.75, 3.05) is 51.5 Å². The molecule has 71 heavy (non-hydrogen) atoms. The summed E-state index contributed by atoms with van der Waals surface area (Å²) in [6.07, 6.45) is 5.09. The van der Waals surface area contributed by atoms with Gasteiger partial charge in [-0.05, 0) is 89.8 Å². The van der Waals surface area contributed by atoms with Gasteiger partial charge in [0, 0.05) is 61.4 Å². The van der Waals surface area contributed by atoms with E-state index >= 15 is 0 Å². The van der Waals surface area contributed by atoms with E-state index in [9.17, 15) is 20.1 Å². The van der Waals surface area contributed by atoms with Crippen LogP contribution >= 0.6 is 0 Å². The molecule has 4 aliphatic rings. The van der Waals surface area contributed by atoms with Gasteiger partial charge in [0.05, 0.1) is 38.5 Å². The molecule has 0 radical (unpaired) electrons. The summed E-state index contributed by atoms with van der Waals surface area (Å²) >= 11 is 0. The summed E-state index contributed by atoms with van der Waals surface area (Å²) < 4.78 is 26.6. The SMILES string of the molecule is CCc1cc2c([nH]1)N1CCNC[C@@H]1Cc1ccc(c(N=C(N)N)c1)C[C@@H](CO)COc1c(c3c(c(OCC[C@@H](O)/C=C/c4ccccc4)c1OC)C(=O)CC(c1ccc(O)cc1)O3)CCc1cccc-2c1. The number of nitrogens with zero attached hydrogens (tertiary/aromatic N) is 2. The smallest absolute Gasteiger partial charge is 0.204 e. The number of H-pyrrole nitrogens is 1. The lowest BCUT2D eigenvalue weighted by molar-refractivity contribution is 0.0834. The maximum Gasteiger partial charge on any atom is 0.204 e. The maximum atomic E-state index is 14.7. The zero-order chi connectivity index (χ0) is 49.4. The molecule has 0 saturated carbocycles. The minimum atomic E-state index is -0.847. The van der Waals surface area contributed by atoms with Crippen LogP contribution in [0.5, 0.6) is 28.7 Å². The van der Waals surface area contributed by atoms with E-state index in [1.165, 1.54) is 7.11 Å². The molecule has 5 aromatic carbocycles. The lowest BCUT2D eigenvalue weighted by Crippen LogP contribution is -2.52. The summed E-state index contributed by atoms with van der Waals surface area (Å²) in [4.78, 5) is 25.6. The van der Waals surface area contributed by atoms with E-state index < -0.39 is 18.1 Å². The molecule has 0 aliphatic carbocycles. The highest BCUT2D eigenvalue weighted by Crippen LogP contribution is 2.53. The van der Waals surface area contributed by atoms with E-state index in [-0.39, 0.29) is 73.3 Å². The topological polar surface area (TPSA) is 210 Å². The Bertz CT molecular complexity index is 2880. The number of ketones is 1. The Hall–Kier alpha value is -7.26. The molecule has 14 nitrogen and oxygen atoms in total. The number of hydrogen-bond donors (Lipinski definition) is 7. The van der Waals surface area contributed by atoms with E-state index in [0.717, 1.165) is 77.4 Å². The molecule has 5 heterocycles. The molecule has 4 aliphatic heterocycles. The Balaban J connectivity index is 1.17. The Kier molecular flexibility index (Phi) is 15.3. The van der Waals surface area contributed by atoms with Crippen LogP contribution in [-0.4, -0.2) is 90.8 Å². The number of benzene rings is 5. The largest absolute Gasteiger partial charge is 0.508 e. The quantitative estimate of drug-likeness (QED) is 0.0491. The van der Waals surface area contributed by atoms with Crippen molar-refractivity contribution in [1.29, 1.82) is 0 Å². The normalized spacial score (nSPS) is 18.5. The van der Waals surface area contributed by atoms with Gasteiger partial charge in [0.15, 0.2) is 23.2 Å². The number of piperazine rings is 1. The average molecular weight is 961 g/mol. The van der Waals surface area contributed by atoms with Crippen molar-refractivity contribution in [2.45, 2.75) is 70.1 Å². The van der Waals surface area contributed by atoms with Crippen LogP contribution in [0.4, 0.5) is 11.5 Å². The van der Waals surface area contributed by atoms with Crippen molar-refractivity contribution in [3.63, 3.8) is 0 Å². The number of aliphatic hydroxyl groups is 2. The van der Waals surface area contributed by atoms with Gasteiger partial charge in [0.1, 0.15) is 29.0 Å². The van der Waals surface area contributed by atoms with Gasteiger partial charge in [-0.25, -0.2) is 4.99 Å². The first kappa shape index (κ1) is 48.8. The van der Waals surface area contributed by atoms with Crippen LogP contribution in [-0.2, 0) is 32.1 Å². The van der Waals surface area contributed by atoms with Crippen molar-refractivity contribution in [2.24, 2.45) is 22.4 Å². The number of aromatic nitrogens is 1. The number of anilines is 1.